The molecule has 0 aromatic carbocycles. The summed E-state index contributed by atoms with van der Waals surface area (Å²) >= 11 is 24.6. The van der Waals surface area contributed by atoms with E-state index in [1.807, 2.05) is 30.6 Å². The maximum atomic E-state index is 13.5. The van der Waals surface area contributed by atoms with E-state index in [-0.39, 0.29) is 31.7 Å². The molecule has 0 atom stereocenters. The van der Waals surface area contributed by atoms with Gasteiger partial charge in [-0.05, 0) is 47.3 Å². The third-order valence-corrected chi connectivity index (χ3v) is 7.52. The lowest BCUT2D eigenvalue weighted by molar-refractivity contribution is -0.127. The van der Waals surface area contributed by atoms with E-state index in [1.165, 1.54) is 0 Å². The molecule has 174 valence electrons. The predicted molar refractivity (Wildman–Crippen MR) is 134 cm³/mol. The molecule has 1 aromatic heterocycles. The van der Waals surface area contributed by atoms with Crippen LogP contribution >= 0.6 is 46.4 Å². The maximum Gasteiger partial charge on any atom is 0.254 e. The minimum Gasteiger partial charge on any atom is -0.365 e. The van der Waals surface area contributed by atoms with Crippen LogP contribution in [-0.2, 0) is 4.79 Å². The van der Waals surface area contributed by atoms with Gasteiger partial charge < -0.3 is 15.1 Å². The van der Waals surface area contributed by atoms with Crippen LogP contribution < -0.4 is 10.2 Å². The number of allylic oxidation sites excluding steroid dienone is 1. The van der Waals surface area contributed by atoms with Gasteiger partial charge in [-0.15, -0.1) is 0 Å². The lowest BCUT2D eigenvalue weighted by Crippen LogP contribution is -2.49. The van der Waals surface area contributed by atoms with Crippen LogP contribution in [0.15, 0.2) is 27.5 Å². The third kappa shape index (κ3) is 5.19. The Morgan fingerprint density at radius 1 is 1.03 bits per heavy atom. The van der Waals surface area contributed by atoms with E-state index < -0.39 is 0 Å². The van der Waals surface area contributed by atoms with Crippen molar-refractivity contribution in [2.75, 3.05) is 31.1 Å². The lowest BCUT2D eigenvalue weighted by atomic mass is 10.0. The molecular weight excluding hydrogens is 492 g/mol. The van der Waals surface area contributed by atoms with Crippen LogP contribution in [0.1, 0.15) is 40.5 Å². The van der Waals surface area contributed by atoms with E-state index >= 15 is 0 Å². The highest BCUT2D eigenvalue weighted by Gasteiger charge is 2.38. The van der Waals surface area contributed by atoms with Crippen LogP contribution in [0, 0.1) is 0 Å². The highest BCUT2D eigenvalue weighted by molar-refractivity contribution is 6.52. The Labute approximate surface area is 209 Å². The van der Waals surface area contributed by atoms with Crippen molar-refractivity contribution in [1.29, 1.82) is 0 Å². The first-order chi connectivity index (χ1) is 15.0. The van der Waals surface area contributed by atoms with Crippen LogP contribution in [0.4, 0.5) is 5.82 Å². The van der Waals surface area contributed by atoms with Crippen molar-refractivity contribution in [3.63, 3.8) is 0 Å². The van der Waals surface area contributed by atoms with Gasteiger partial charge in [0.25, 0.3) is 5.91 Å². The number of halogens is 4. The van der Waals surface area contributed by atoms with Gasteiger partial charge in [0.05, 0.1) is 10.0 Å². The average molecular weight is 519 g/mol. The number of carbonyl (C=O) groups excluding carboxylic acids is 1. The Morgan fingerprint density at radius 2 is 1.62 bits per heavy atom. The molecule has 1 aliphatic carbocycles. The van der Waals surface area contributed by atoms with Crippen LogP contribution in [0.25, 0.3) is 0 Å². The zero-order valence-corrected chi connectivity index (χ0v) is 21.7. The van der Waals surface area contributed by atoms with Crippen molar-refractivity contribution in [3.05, 3.63) is 42.8 Å². The van der Waals surface area contributed by atoms with E-state index in [0.717, 1.165) is 24.0 Å². The van der Waals surface area contributed by atoms with Crippen molar-refractivity contribution in [2.24, 2.45) is 4.99 Å². The molecule has 1 aromatic rings. The monoisotopic (exact) mass is 517 g/mol. The summed E-state index contributed by atoms with van der Waals surface area (Å²) in [5.41, 5.74) is 2.43. The second kappa shape index (κ2) is 9.80. The summed E-state index contributed by atoms with van der Waals surface area (Å²) in [6.07, 6.45) is 2.16. The number of aliphatic imine (C=N–C) groups is 1. The lowest BCUT2D eigenvalue weighted by Gasteiger charge is -2.36. The standard InChI is InChI=1S/C22H27Cl4N5O/c1-12(2)14(13(3)19(27-5)29-22(4)6-7-22)21(32)31-10-8-30(9-11-31)20-17(25)15(23)16(24)18(26)28-20/h29H,5-11H2,1-4H3/b19-13-. The van der Waals surface area contributed by atoms with Crippen molar-refractivity contribution < 1.29 is 4.79 Å². The first kappa shape index (κ1) is 25.2. The Hall–Kier alpha value is -1.47. The SMILES string of the molecule is C=N/C(NC1(C)CC1)=C(\C)C(C(=O)N1CCN(c2nc(Cl)c(Cl)c(Cl)c2Cl)CC1)=C(C)C. The fourth-order valence-corrected chi connectivity index (χ4v) is 4.52. The van der Waals surface area contributed by atoms with Gasteiger partial charge in [-0.3, -0.25) is 4.79 Å². The summed E-state index contributed by atoms with van der Waals surface area (Å²) in [4.78, 5) is 25.7. The molecule has 0 bridgehead atoms. The van der Waals surface area contributed by atoms with Gasteiger partial charge >= 0.3 is 0 Å². The van der Waals surface area contributed by atoms with Crippen molar-refractivity contribution in [3.8, 4) is 0 Å². The number of hydrogen-bond donors (Lipinski definition) is 1. The summed E-state index contributed by atoms with van der Waals surface area (Å²) in [6, 6.07) is 0. The van der Waals surface area contributed by atoms with Gasteiger partial charge in [-0.1, -0.05) is 52.0 Å². The number of rotatable bonds is 6. The van der Waals surface area contributed by atoms with E-state index in [4.69, 9.17) is 46.4 Å². The normalized spacial score (nSPS) is 18.1. The zero-order chi connectivity index (χ0) is 23.8. The predicted octanol–water partition coefficient (Wildman–Crippen LogP) is 5.75. The number of nitrogens with one attached hydrogen (secondary N) is 1. The number of aromatic nitrogens is 1. The van der Waals surface area contributed by atoms with Gasteiger partial charge in [0.2, 0.25) is 0 Å². The molecular formula is C22H27Cl4N5O. The molecule has 2 fully saturated rings. The largest absolute Gasteiger partial charge is 0.365 e. The third-order valence-electron chi connectivity index (χ3n) is 5.86. The smallest absolute Gasteiger partial charge is 0.254 e. The molecule has 1 amide bonds. The van der Waals surface area contributed by atoms with Gasteiger partial charge in [-0.25, -0.2) is 9.98 Å². The zero-order valence-electron chi connectivity index (χ0n) is 18.7. The van der Waals surface area contributed by atoms with E-state index in [2.05, 4.69) is 28.9 Å². The summed E-state index contributed by atoms with van der Waals surface area (Å²) in [5.74, 6) is 1.10. The Morgan fingerprint density at radius 3 is 2.12 bits per heavy atom. The Bertz CT molecular complexity index is 1000. The first-order valence-electron chi connectivity index (χ1n) is 10.4. The molecule has 3 rings (SSSR count). The van der Waals surface area contributed by atoms with Crippen molar-refractivity contribution >= 4 is 64.8 Å². The second-order valence-electron chi connectivity index (χ2n) is 8.64. The van der Waals surface area contributed by atoms with Crippen LogP contribution in [0.3, 0.4) is 0 Å². The van der Waals surface area contributed by atoms with Crippen LogP contribution in [0.2, 0.25) is 20.2 Å². The number of anilines is 1. The molecule has 2 heterocycles. The number of nitrogens with zero attached hydrogens (tertiary/aromatic N) is 4. The number of carbonyl (C=O) groups is 1. The molecule has 6 nitrogen and oxygen atoms in total. The fraction of sp³-hybridized carbons (Fsp3) is 0.500. The fourth-order valence-electron chi connectivity index (χ4n) is 3.68. The second-order valence-corrected chi connectivity index (χ2v) is 10.1. The van der Waals surface area contributed by atoms with Crippen LogP contribution in [0.5, 0.6) is 0 Å². The van der Waals surface area contributed by atoms with Crippen molar-refractivity contribution in [2.45, 2.75) is 46.1 Å². The highest BCUT2D eigenvalue weighted by Crippen LogP contribution is 2.40. The molecule has 1 saturated carbocycles. The van der Waals surface area contributed by atoms with E-state index in [9.17, 15) is 4.79 Å². The molecule has 1 N–H and O–H groups in total. The maximum absolute atomic E-state index is 13.5. The average Bonchev–Trinajstić information content (AvgIpc) is 3.50. The topological polar surface area (TPSA) is 60.8 Å². The van der Waals surface area contributed by atoms with Gasteiger partial charge in [0.1, 0.15) is 10.8 Å². The number of piperazine rings is 1. The molecule has 32 heavy (non-hydrogen) atoms. The van der Waals surface area contributed by atoms with Gasteiger partial charge in [0.15, 0.2) is 11.0 Å². The molecule has 0 spiro atoms. The quantitative estimate of drug-likeness (QED) is 0.225. The van der Waals surface area contributed by atoms with Gasteiger partial charge in [-0.2, -0.15) is 0 Å². The summed E-state index contributed by atoms with van der Waals surface area (Å²) in [6.45, 7) is 13.7. The molecule has 2 aliphatic rings. The highest BCUT2D eigenvalue weighted by atomic mass is 35.5. The Kier molecular flexibility index (Phi) is 7.70. The summed E-state index contributed by atoms with van der Waals surface area (Å²) in [5, 5.41) is 4.10. The van der Waals surface area contributed by atoms with E-state index in [1.54, 1.807) is 0 Å². The molecule has 1 aliphatic heterocycles. The number of pyridine rings is 1. The van der Waals surface area contributed by atoms with Crippen molar-refractivity contribution in [1.82, 2.24) is 15.2 Å². The Balaban J connectivity index is 1.78. The van der Waals surface area contributed by atoms with Gasteiger partial charge in [0, 0.05) is 42.9 Å². The minimum absolute atomic E-state index is 0.0303. The molecule has 1 saturated heterocycles. The molecule has 10 heteroatoms. The van der Waals surface area contributed by atoms with E-state index in [0.29, 0.717) is 43.4 Å². The molecule has 0 unspecified atom stereocenters. The minimum atomic E-state index is -0.0303. The summed E-state index contributed by atoms with van der Waals surface area (Å²) in [7, 11) is 0. The molecule has 0 radical (unpaired) electrons. The first-order valence-corrected chi connectivity index (χ1v) is 11.9. The van der Waals surface area contributed by atoms with Crippen LogP contribution in [-0.4, -0.2) is 54.2 Å². The number of hydrogen-bond acceptors (Lipinski definition) is 5. The summed E-state index contributed by atoms with van der Waals surface area (Å²) < 4.78 is 0. The number of amides is 1.